The smallest absolute Gasteiger partial charge is 0.225 e. The minimum absolute atomic E-state index is 0.0601. The van der Waals surface area contributed by atoms with E-state index in [9.17, 15) is 4.79 Å². The van der Waals surface area contributed by atoms with Gasteiger partial charge in [0, 0.05) is 18.2 Å². The maximum atomic E-state index is 12.7. The Balaban J connectivity index is 1.66. The molecule has 1 atom stereocenters. The molecule has 1 saturated heterocycles. The molecule has 2 heterocycles. The minimum Gasteiger partial charge on any atom is -0.347 e. The molecule has 6 heteroatoms. The van der Waals surface area contributed by atoms with E-state index in [-0.39, 0.29) is 11.9 Å². The highest BCUT2D eigenvalue weighted by Gasteiger charge is 2.32. The zero-order valence-electron chi connectivity index (χ0n) is 17.3. The largest absolute Gasteiger partial charge is 0.347 e. The second-order valence-corrected chi connectivity index (χ2v) is 9.63. The highest BCUT2D eigenvalue weighted by molar-refractivity contribution is 6.42. The molecule has 2 aromatic rings. The van der Waals surface area contributed by atoms with E-state index in [0.29, 0.717) is 16.0 Å². The number of nitrogens with one attached hydrogen (secondary N) is 1. The molecule has 0 spiro atoms. The van der Waals surface area contributed by atoms with Gasteiger partial charge >= 0.3 is 0 Å². The summed E-state index contributed by atoms with van der Waals surface area (Å²) in [6.45, 7) is 8.62. The number of hydrogen-bond acceptors (Lipinski definition) is 3. The predicted octanol–water partition coefficient (Wildman–Crippen LogP) is 5.50. The Hall–Kier alpha value is -1.62. The number of benzene rings is 1. The minimum atomic E-state index is -0.429. The molecule has 1 aromatic carbocycles. The quantitative estimate of drug-likeness (QED) is 0.676. The lowest BCUT2D eigenvalue weighted by Crippen LogP contribution is -2.44. The van der Waals surface area contributed by atoms with E-state index in [1.165, 1.54) is 5.56 Å². The van der Waals surface area contributed by atoms with Crippen LogP contribution in [0.25, 0.3) is 0 Å². The van der Waals surface area contributed by atoms with Crippen LogP contribution in [0.5, 0.6) is 0 Å². The highest BCUT2D eigenvalue weighted by atomic mass is 35.5. The van der Waals surface area contributed by atoms with Gasteiger partial charge in [-0.3, -0.25) is 14.7 Å². The summed E-state index contributed by atoms with van der Waals surface area (Å²) >= 11 is 12.2. The van der Waals surface area contributed by atoms with Crippen molar-refractivity contribution in [2.45, 2.75) is 46.2 Å². The molecule has 1 aliphatic rings. The molecule has 1 amide bonds. The summed E-state index contributed by atoms with van der Waals surface area (Å²) in [5, 5.41) is 4.45. The van der Waals surface area contributed by atoms with Crippen LogP contribution in [-0.2, 0) is 11.3 Å². The van der Waals surface area contributed by atoms with Crippen molar-refractivity contribution < 1.29 is 4.79 Å². The number of amides is 1. The SMILES string of the molecule is CC(C)(C)C(=O)N[C@H](c1ccccn1)C1CCN(Cc2ccc(Cl)c(Cl)c2)CC1. The number of hydrogen-bond donors (Lipinski definition) is 1. The van der Waals surface area contributed by atoms with Crippen LogP contribution in [0.3, 0.4) is 0 Å². The average molecular weight is 434 g/mol. The van der Waals surface area contributed by atoms with E-state index < -0.39 is 5.41 Å². The summed E-state index contributed by atoms with van der Waals surface area (Å²) in [5.41, 5.74) is 1.68. The van der Waals surface area contributed by atoms with E-state index in [2.05, 4.69) is 15.2 Å². The van der Waals surface area contributed by atoms with Crippen LogP contribution in [0.1, 0.15) is 50.9 Å². The summed E-state index contributed by atoms with van der Waals surface area (Å²) < 4.78 is 0. The number of pyridine rings is 1. The van der Waals surface area contributed by atoms with Crippen molar-refractivity contribution in [2.75, 3.05) is 13.1 Å². The molecule has 3 rings (SSSR count). The van der Waals surface area contributed by atoms with Gasteiger partial charge in [0.05, 0.1) is 21.8 Å². The molecule has 4 nitrogen and oxygen atoms in total. The van der Waals surface area contributed by atoms with E-state index >= 15 is 0 Å². The fourth-order valence-electron chi connectivity index (χ4n) is 3.69. The third kappa shape index (κ3) is 5.94. The second kappa shape index (κ2) is 9.46. The predicted molar refractivity (Wildman–Crippen MR) is 119 cm³/mol. The molecule has 29 heavy (non-hydrogen) atoms. The first kappa shape index (κ1) is 22.1. The number of aromatic nitrogens is 1. The Morgan fingerprint density at radius 3 is 2.48 bits per heavy atom. The van der Waals surface area contributed by atoms with Crippen molar-refractivity contribution in [3.8, 4) is 0 Å². The van der Waals surface area contributed by atoms with Crippen LogP contribution >= 0.6 is 23.2 Å². The number of rotatable bonds is 5. The fourth-order valence-corrected chi connectivity index (χ4v) is 4.01. The van der Waals surface area contributed by atoms with E-state index in [4.69, 9.17) is 23.2 Å². The van der Waals surface area contributed by atoms with Crippen molar-refractivity contribution in [3.05, 3.63) is 63.9 Å². The van der Waals surface area contributed by atoms with Gasteiger partial charge in [0.25, 0.3) is 0 Å². The standard InChI is InChI=1S/C23H29Cl2N3O/c1-23(2,3)22(29)27-21(20-6-4-5-11-26-20)17-9-12-28(13-10-17)15-16-7-8-18(24)19(25)14-16/h4-8,11,14,17,21H,9-10,12-13,15H2,1-3H3,(H,27,29)/t21-/m0/s1. The zero-order chi connectivity index (χ0) is 21.0. The van der Waals surface area contributed by atoms with Gasteiger partial charge in [-0.25, -0.2) is 0 Å². The number of carbonyl (C=O) groups is 1. The topological polar surface area (TPSA) is 45.2 Å². The summed E-state index contributed by atoms with van der Waals surface area (Å²) in [5.74, 6) is 0.424. The molecule has 0 bridgehead atoms. The third-order valence-electron chi connectivity index (χ3n) is 5.47. The molecule has 1 aliphatic heterocycles. The first-order valence-corrected chi connectivity index (χ1v) is 10.9. The van der Waals surface area contributed by atoms with Gasteiger partial charge in [0.15, 0.2) is 0 Å². The molecule has 1 N–H and O–H groups in total. The summed E-state index contributed by atoms with van der Waals surface area (Å²) in [6.07, 6.45) is 3.81. The van der Waals surface area contributed by atoms with E-state index in [1.807, 2.05) is 57.2 Å². The van der Waals surface area contributed by atoms with Crippen molar-refractivity contribution >= 4 is 29.1 Å². The molecule has 1 aromatic heterocycles. The fraction of sp³-hybridized carbons (Fsp3) is 0.478. The first-order chi connectivity index (χ1) is 13.7. The Labute approximate surface area is 183 Å². The Morgan fingerprint density at radius 1 is 1.17 bits per heavy atom. The monoisotopic (exact) mass is 433 g/mol. The van der Waals surface area contributed by atoms with E-state index in [1.54, 1.807) is 6.20 Å². The molecule has 0 saturated carbocycles. The number of piperidine rings is 1. The second-order valence-electron chi connectivity index (χ2n) is 8.82. The summed E-state index contributed by atoms with van der Waals surface area (Å²) in [4.78, 5) is 19.6. The number of carbonyl (C=O) groups excluding carboxylic acids is 1. The highest BCUT2D eigenvalue weighted by Crippen LogP contribution is 2.32. The zero-order valence-corrected chi connectivity index (χ0v) is 18.8. The van der Waals surface area contributed by atoms with Gasteiger partial charge in [-0.2, -0.15) is 0 Å². The summed E-state index contributed by atoms with van der Waals surface area (Å²) in [6, 6.07) is 11.7. The maximum absolute atomic E-state index is 12.7. The van der Waals surface area contributed by atoms with Gasteiger partial charge in [-0.1, -0.05) is 56.1 Å². The van der Waals surface area contributed by atoms with Gasteiger partial charge in [0.2, 0.25) is 5.91 Å². The molecular formula is C23H29Cl2N3O. The molecular weight excluding hydrogens is 405 g/mol. The van der Waals surface area contributed by atoms with Crippen molar-refractivity contribution in [2.24, 2.45) is 11.3 Å². The number of halogens is 2. The molecule has 1 fully saturated rings. The Kier molecular flexibility index (Phi) is 7.20. The van der Waals surface area contributed by atoms with Crippen LogP contribution in [0.2, 0.25) is 10.0 Å². The molecule has 156 valence electrons. The first-order valence-electron chi connectivity index (χ1n) is 10.1. The number of likely N-dealkylation sites (tertiary alicyclic amines) is 1. The van der Waals surface area contributed by atoms with Crippen molar-refractivity contribution in [1.82, 2.24) is 15.2 Å². The lowest BCUT2D eigenvalue weighted by molar-refractivity contribution is -0.129. The Bertz CT molecular complexity index is 828. The number of nitrogens with zero attached hydrogens (tertiary/aromatic N) is 2. The molecule has 0 radical (unpaired) electrons. The molecule has 0 aliphatic carbocycles. The van der Waals surface area contributed by atoms with Crippen molar-refractivity contribution in [1.29, 1.82) is 0 Å². The van der Waals surface area contributed by atoms with Crippen LogP contribution < -0.4 is 5.32 Å². The van der Waals surface area contributed by atoms with Gasteiger partial charge < -0.3 is 5.32 Å². The van der Waals surface area contributed by atoms with Gasteiger partial charge in [0.1, 0.15) is 0 Å². The normalized spacial score (nSPS) is 17.1. The average Bonchev–Trinajstić information content (AvgIpc) is 2.69. The van der Waals surface area contributed by atoms with Crippen LogP contribution in [0.4, 0.5) is 0 Å². The van der Waals surface area contributed by atoms with Gasteiger partial charge in [-0.05, 0) is 61.7 Å². The lowest BCUT2D eigenvalue weighted by Gasteiger charge is -2.37. The van der Waals surface area contributed by atoms with Gasteiger partial charge in [-0.15, -0.1) is 0 Å². The van der Waals surface area contributed by atoms with E-state index in [0.717, 1.165) is 38.2 Å². The molecule has 0 unspecified atom stereocenters. The van der Waals surface area contributed by atoms with Crippen LogP contribution in [0, 0.1) is 11.3 Å². The Morgan fingerprint density at radius 2 is 1.90 bits per heavy atom. The van der Waals surface area contributed by atoms with Crippen LogP contribution in [-0.4, -0.2) is 28.9 Å². The van der Waals surface area contributed by atoms with Crippen molar-refractivity contribution in [3.63, 3.8) is 0 Å². The van der Waals surface area contributed by atoms with Crippen LogP contribution in [0.15, 0.2) is 42.6 Å². The lowest BCUT2D eigenvalue weighted by atomic mass is 9.85. The third-order valence-corrected chi connectivity index (χ3v) is 6.21. The summed E-state index contributed by atoms with van der Waals surface area (Å²) in [7, 11) is 0. The maximum Gasteiger partial charge on any atom is 0.225 e.